The van der Waals surface area contributed by atoms with E-state index in [1.165, 1.54) is 17.0 Å². The fourth-order valence-corrected chi connectivity index (χ4v) is 2.98. The first-order valence-corrected chi connectivity index (χ1v) is 8.45. The first kappa shape index (κ1) is 18.1. The van der Waals surface area contributed by atoms with Crippen molar-refractivity contribution < 1.29 is 18.7 Å². The number of carbonyl (C=O) groups excluding carboxylic acids is 2. The van der Waals surface area contributed by atoms with Gasteiger partial charge in [0.15, 0.2) is 0 Å². The van der Waals surface area contributed by atoms with Crippen molar-refractivity contribution in [3.63, 3.8) is 0 Å². The molecule has 3 rings (SSSR count). The van der Waals surface area contributed by atoms with Gasteiger partial charge in [0.1, 0.15) is 18.5 Å². The summed E-state index contributed by atoms with van der Waals surface area (Å²) in [5.74, 6) is -0.756. The highest BCUT2D eigenvalue weighted by molar-refractivity contribution is 5.89. The third kappa shape index (κ3) is 4.26. The van der Waals surface area contributed by atoms with Gasteiger partial charge in [-0.3, -0.25) is 9.59 Å². The van der Waals surface area contributed by atoms with Crippen LogP contribution in [-0.2, 0) is 27.4 Å². The molecule has 1 atom stereocenters. The molecule has 1 heterocycles. The molecule has 6 heteroatoms. The highest BCUT2D eigenvalue weighted by atomic mass is 19.1. The Kier molecular flexibility index (Phi) is 5.63. The van der Waals surface area contributed by atoms with Gasteiger partial charge in [-0.1, -0.05) is 42.5 Å². The third-order valence-electron chi connectivity index (χ3n) is 4.39. The second-order valence-electron chi connectivity index (χ2n) is 6.36. The minimum absolute atomic E-state index is 0.0482. The summed E-state index contributed by atoms with van der Waals surface area (Å²) in [5, 5.41) is 0. The zero-order chi connectivity index (χ0) is 18.5. The van der Waals surface area contributed by atoms with Crippen molar-refractivity contribution in [2.45, 2.75) is 19.1 Å². The summed E-state index contributed by atoms with van der Waals surface area (Å²) in [6, 6.07) is 14.9. The van der Waals surface area contributed by atoms with Crippen LogP contribution in [0, 0.1) is 5.82 Å². The van der Waals surface area contributed by atoms with E-state index in [4.69, 9.17) is 4.74 Å². The lowest BCUT2D eigenvalue weighted by Crippen LogP contribution is -2.56. The predicted molar refractivity (Wildman–Crippen MR) is 94.5 cm³/mol. The molecule has 0 radical (unpaired) electrons. The van der Waals surface area contributed by atoms with Crippen LogP contribution < -0.4 is 0 Å². The lowest BCUT2D eigenvalue weighted by molar-refractivity contribution is -0.159. The van der Waals surface area contributed by atoms with Crippen molar-refractivity contribution >= 4 is 11.8 Å². The van der Waals surface area contributed by atoms with Gasteiger partial charge < -0.3 is 14.5 Å². The Hall–Kier alpha value is -2.73. The molecular formula is C20H21FN2O3. The summed E-state index contributed by atoms with van der Waals surface area (Å²) >= 11 is 0. The SMILES string of the molecule is CN(Cc1ccccc1)C(=O)[C@@H]1COCC(=O)N1Cc1ccc(F)cc1. The Morgan fingerprint density at radius 1 is 1.15 bits per heavy atom. The molecule has 2 aromatic carbocycles. The summed E-state index contributed by atoms with van der Waals surface area (Å²) in [7, 11) is 1.71. The number of rotatable bonds is 5. The number of carbonyl (C=O) groups is 2. The molecule has 0 bridgehead atoms. The monoisotopic (exact) mass is 356 g/mol. The standard InChI is InChI=1S/C20H21FN2O3/c1-22(11-15-5-3-2-4-6-15)20(25)18-13-26-14-19(24)23(18)12-16-7-9-17(21)10-8-16/h2-10,18H,11-14H2,1H3/t18-/m0/s1. The van der Waals surface area contributed by atoms with E-state index >= 15 is 0 Å². The van der Waals surface area contributed by atoms with E-state index in [2.05, 4.69) is 0 Å². The van der Waals surface area contributed by atoms with E-state index in [0.29, 0.717) is 6.54 Å². The maximum absolute atomic E-state index is 13.1. The molecule has 0 aliphatic carbocycles. The van der Waals surface area contributed by atoms with Gasteiger partial charge in [-0.05, 0) is 23.3 Å². The van der Waals surface area contributed by atoms with Crippen LogP contribution >= 0.6 is 0 Å². The van der Waals surface area contributed by atoms with E-state index in [9.17, 15) is 14.0 Å². The van der Waals surface area contributed by atoms with Crippen molar-refractivity contribution in [1.29, 1.82) is 0 Å². The smallest absolute Gasteiger partial charge is 0.249 e. The quantitative estimate of drug-likeness (QED) is 0.825. The molecule has 0 saturated carbocycles. The van der Waals surface area contributed by atoms with E-state index in [1.807, 2.05) is 30.3 Å². The fourth-order valence-electron chi connectivity index (χ4n) is 2.98. The molecule has 0 N–H and O–H groups in total. The van der Waals surface area contributed by atoms with Crippen LogP contribution in [0.25, 0.3) is 0 Å². The average Bonchev–Trinajstić information content (AvgIpc) is 2.65. The minimum atomic E-state index is -0.685. The first-order valence-electron chi connectivity index (χ1n) is 8.45. The molecule has 1 saturated heterocycles. The number of hydrogen-bond acceptors (Lipinski definition) is 3. The molecule has 2 aromatic rings. The molecule has 1 aliphatic heterocycles. The Bertz CT molecular complexity index is 764. The molecule has 5 nitrogen and oxygen atoms in total. The van der Waals surface area contributed by atoms with Gasteiger partial charge in [0.2, 0.25) is 11.8 Å². The Morgan fingerprint density at radius 3 is 2.54 bits per heavy atom. The van der Waals surface area contributed by atoms with E-state index in [1.54, 1.807) is 24.1 Å². The molecule has 1 aliphatic rings. The molecule has 1 fully saturated rings. The largest absolute Gasteiger partial charge is 0.369 e. The Labute approximate surface area is 152 Å². The van der Waals surface area contributed by atoms with Gasteiger partial charge in [-0.2, -0.15) is 0 Å². The van der Waals surface area contributed by atoms with Crippen LogP contribution in [0.5, 0.6) is 0 Å². The van der Waals surface area contributed by atoms with Gasteiger partial charge in [-0.15, -0.1) is 0 Å². The van der Waals surface area contributed by atoms with Gasteiger partial charge in [-0.25, -0.2) is 4.39 Å². The number of hydrogen-bond donors (Lipinski definition) is 0. The first-order chi connectivity index (χ1) is 12.5. The van der Waals surface area contributed by atoms with Crippen LogP contribution in [-0.4, -0.2) is 47.9 Å². The maximum atomic E-state index is 13.1. The number of nitrogens with zero attached hydrogens (tertiary/aromatic N) is 2. The summed E-state index contributed by atoms with van der Waals surface area (Å²) in [5.41, 5.74) is 1.78. The number of ether oxygens (including phenoxy) is 1. The average molecular weight is 356 g/mol. The van der Waals surface area contributed by atoms with Gasteiger partial charge in [0.25, 0.3) is 0 Å². The summed E-state index contributed by atoms with van der Waals surface area (Å²) in [6.45, 7) is 0.811. The van der Waals surface area contributed by atoms with Gasteiger partial charge in [0, 0.05) is 20.1 Å². The summed E-state index contributed by atoms with van der Waals surface area (Å²) < 4.78 is 18.4. The molecule has 0 unspecified atom stereocenters. The summed E-state index contributed by atoms with van der Waals surface area (Å²) in [6.07, 6.45) is 0. The number of halogens is 1. The van der Waals surface area contributed by atoms with Crippen LogP contribution in [0.1, 0.15) is 11.1 Å². The number of benzene rings is 2. The van der Waals surface area contributed by atoms with Crippen molar-refractivity contribution in [3.05, 3.63) is 71.5 Å². The van der Waals surface area contributed by atoms with Crippen molar-refractivity contribution in [3.8, 4) is 0 Å². The van der Waals surface area contributed by atoms with E-state index in [0.717, 1.165) is 11.1 Å². The summed E-state index contributed by atoms with van der Waals surface area (Å²) in [4.78, 5) is 28.3. The number of likely N-dealkylation sites (N-methyl/N-ethyl adjacent to an activating group) is 1. The minimum Gasteiger partial charge on any atom is -0.369 e. The normalized spacial score (nSPS) is 17.2. The molecule has 136 valence electrons. The van der Waals surface area contributed by atoms with Crippen molar-refractivity contribution in [1.82, 2.24) is 9.80 Å². The highest BCUT2D eigenvalue weighted by Gasteiger charge is 2.35. The Balaban J connectivity index is 1.73. The maximum Gasteiger partial charge on any atom is 0.249 e. The Morgan fingerprint density at radius 2 is 1.85 bits per heavy atom. The molecule has 0 aromatic heterocycles. The van der Waals surface area contributed by atoms with Gasteiger partial charge >= 0.3 is 0 Å². The molecule has 26 heavy (non-hydrogen) atoms. The molecule has 0 spiro atoms. The molecule has 2 amide bonds. The van der Waals surface area contributed by atoms with Crippen molar-refractivity contribution in [2.24, 2.45) is 0 Å². The second kappa shape index (κ2) is 8.10. The van der Waals surface area contributed by atoms with Gasteiger partial charge in [0.05, 0.1) is 6.61 Å². The van der Waals surface area contributed by atoms with Crippen LogP contribution in [0.15, 0.2) is 54.6 Å². The van der Waals surface area contributed by atoms with Crippen LogP contribution in [0.2, 0.25) is 0 Å². The van der Waals surface area contributed by atoms with Crippen LogP contribution in [0.4, 0.5) is 4.39 Å². The lowest BCUT2D eigenvalue weighted by Gasteiger charge is -2.36. The predicted octanol–water partition coefficient (Wildman–Crippen LogP) is 2.21. The van der Waals surface area contributed by atoms with Crippen molar-refractivity contribution in [2.75, 3.05) is 20.3 Å². The van der Waals surface area contributed by atoms with E-state index < -0.39 is 6.04 Å². The topological polar surface area (TPSA) is 49.9 Å². The second-order valence-corrected chi connectivity index (χ2v) is 6.36. The zero-order valence-corrected chi connectivity index (χ0v) is 14.6. The lowest BCUT2D eigenvalue weighted by atomic mass is 10.1. The fraction of sp³-hybridized carbons (Fsp3) is 0.300. The van der Waals surface area contributed by atoms with Crippen LogP contribution in [0.3, 0.4) is 0 Å². The zero-order valence-electron chi connectivity index (χ0n) is 14.6. The molecular weight excluding hydrogens is 335 g/mol. The number of morpholine rings is 1. The van der Waals surface area contributed by atoms with E-state index in [-0.39, 0.29) is 37.4 Å². The third-order valence-corrected chi connectivity index (χ3v) is 4.39. The number of amides is 2. The highest BCUT2D eigenvalue weighted by Crippen LogP contribution is 2.17.